The molecule has 0 unspecified atom stereocenters. The fourth-order valence-electron chi connectivity index (χ4n) is 4.40. The van der Waals surface area contributed by atoms with Crippen molar-refractivity contribution in [2.45, 2.75) is 13.8 Å². The van der Waals surface area contributed by atoms with Crippen LogP contribution in [0.25, 0.3) is 11.1 Å². The van der Waals surface area contributed by atoms with E-state index in [4.69, 9.17) is 9.47 Å². The molecule has 0 spiro atoms. The van der Waals surface area contributed by atoms with Crippen LogP contribution in [-0.4, -0.2) is 59.1 Å². The third-order valence-corrected chi connectivity index (χ3v) is 6.63. The fraction of sp³-hybridized carbons (Fsp3) is 0.118. The Hall–Kier alpha value is -6.30. The van der Waals surface area contributed by atoms with Crippen molar-refractivity contribution in [2.24, 2.45) is 0 Å². The van der Waals surface area contributed by atoms with Crippen molar-refractivity contribution in [3.63, 3.8) is 0 Å². The van der Waals surface area contributed by atoms with E-state index in [-0.39, 0.29) is 41.0 Å². The van der Waals surface area contributed by atoms with Crippen molar-refractivity contribution in [3.8, 4) is 11.1 Å². The first-order chi connectivity index (χ1) is 22.0. The first-order valence-corrected chi connectivity index (χ1v) is 13.9. The van der Waals surface area contributed by atoms with Gasteiger partial charge in [-0.25, -0.2) is 19.2 Å². The second-order valence-electron chi connectivity index (χ2n) is 9.63. The predicted octanol–water partition coefficient (Wildman–Crippen LogP) is 5.61. The van der Waals surface area contributed by atoms with E-state index in [1.165, 1.54) is 78.9 Å². The van der Waals surface area contributed by atoms with Gasteiger partial charge in [0.1, 0.15) is 0 Å². The van der Waals surface area contributed by atoms with Gasteiger partial charge in [-0.15, -0.1) is 0 Å². The zero-order valence-corrected chi connectivity index (χ0v) is 24.7. The zero-order chi connectivity index (χ0) is 33.4. The van der Waals surface area contributed by atoms with Crippen LogP contribution in [0.3, 0.4) is 0 Å². The van der Waals surface area contributed by atoms with Crippen molar-refractivity contribution in [1.29, 1.82) is 0 Å². The molecule has 12 nitrogen and oxygen atoms in total. The highest BCUT2D eigenvalue weighted by molar-refractivity contribution is 6.16. The Morgan fingerprint density at radius 3 is 1.33 bits per heavy atom. The van der Waals surface area contributed by atoms with E-state index in [0.29, 0.717) is 16.9 Å². The lowest BCUT2D eigenvalue weighted by Gasteiger charge is -2.14. The molecule has 0 heterocycles. The number of nitrogens with one attached hydrogen (secondary N) is 2. The number of ether oxygens (including phenoxy) is 2. The summed E-state index contributed by atoms with van der Waals surface area (Å²) in [6, 6.07) is 19.8. The average molecular weight is 625 g/mol. The van der Waals surface area contributed by atoms with Crippen LogP contribution in [0, 0.1) is 0 Å². The first-order valence-electron chi connectivity index (χ1n) is 13.9. The smallest absolute Gasteiger partial charge is 0.338 e. The Labute approximate surface area is 262 Å². The lowest BCUT2D eigenvalue weighted by Crippen LogP contribution is -2.20. The molecule has 0 atom stereocenters. The highest BCUT2D eigenvalue weighted by atomic mass is 16.5. The van der Waals surface area contributed by atoms with Gasteiger partial charge in [-0.1, -0.05) is 12.1 Å². The number of anilines is 2. The highest BCUT2D eigenvalue weighted by Gasteiger charge is 2.22. The number of esters is 2. The quantitative estimate of drug-likeness (QED) is 0.153. The number of carbonyl (C=O) groups excluding carboxylic acids is 4. The average Bonchev–Trinajstić information content (AvgIpc) is 3.05. The largest absolute Gasteiger partial charge is 0.478 e. The van der Waals surface area contributed by atoms with Gasteiger partial charge in [0.2, 0.25) is 0 Å². The van der Waals surface area contributed by atoms with Gasteiger partial charge in [0.05, 0.1) is 46.6 Å². The summed E-state index contributed by atoms with van der Waals surface area (Å²) in [4.78, 5) is 74.3. The van der Waals surface area contributed by atoms with Gasteiger partial charge in [-0.2, -0.15) is 0 Å². The van der Waals surface area contributed by atoms with Gasteiger partial charge in [-0.05, 0) is 97.8 Å². The van der Waals surface area contributed by atoms with Crippen molar-refractivity contribution in [2.75, 3.05) is 23.8 Å². The lowest BCUT2D eigenvalue weighted by atomic mass is 9.95. The number of benzene rings is 4. The topological polar surface area (TPSA) is 185 Å². The van der Waals surface area contributed by atoms with Gasteiger partial charge in [0, 0.05) is 11.4 Å². The van der Waals surface area contributed by atoms with E-state index in [0.717, 1.165) is 6.07 Å². The van der Waals surface area contributed by atoms with E-state index >= 15 is 0 Å². The minimum Gasteiger partial charge on any atom is -0.478 e. The summed E-state index contributed by atoms with van der Waals surface area (Å²) >= 11 is 0. The van der Waals surface area contributed by atoms with Crippen molar-refractivity contribution in [1.82, 2.24) is 0 Å². The number of hydrogen-bond acceptors (Lipinski definition) is 8. The predicted molar refractivity (Wildman–Crippen MR) is 166 cm³/mol. The highest BCUT2D eigenvalue weighted by Crippen LogP contribution is 2.27. The standard InChI is InChI=1S/C34H28N2O10/c1-3-45-33(43)19-5-11-23(12-6-19)35-29(37)25-15-9-21(22-10-16-26(31(39)40)28(18-22)32(41)42)17-27(25)30(38)36-24-13-7-20(8-14-24)34(44)46-4-2/h5-18H,3-4H2,1-2H3,(H,35,37)(H,36,38)(H,39,40)(H,41,42). The molecule has 4 aromatic carbocycles. The summed E-state index contributed by atoms with van der Waals surface area (Å²) in [5.74, 6) is -5.28. The number of carboxylic acids is 2. The van der Waals surface area contributed by atoms with Gasteiger partial charge >= 0.3 is 23.9 Å². The maximum absolute atomic E-state index is 13.6. The van der Waals surface area contributed by atoms with Crippen LogP contribution in [0.15, 0.2) is 84.9 Å². The second-order valence-corrected chi connectivity index (χ2v) is 9.63. The summed E-state index contributed by atoms with van der Waals surface area (Å²) in [6.45, 7) is 3.76. The summed E-state index contributed by atoms with van der Waals surface area (Å²) in [5, 5.41) is 24.3. The molecule has 46 heavy (non-hydrogen) atoms. The molecule has 0 radical (unpaired) electrons. The molecule has 0 saturated carbocycles. The molecular formula is C34H28N2O10. The van der Waals surface area contributed by atoms with Crippen molar-refractivity contribution < 1.29 is 48.5 Å². The van der Waals surface area contributed by atoms with E-state index in [2.05, 4.69) is 10.6 Å². The van der Waals surface area contributed by atoms with Crippen LogP contribution in [0.5, 0.6) is 0 Å². The summed E-state index contributed by atoms with van der Waals surface area (Å²) in [5.41, 5.74) is 0.821. The molecule has 4 aromatic rings. The number of amides is 2. The molecule has 0 aliphatic heterocycles. The molecule has 0 aliphatic rings. The Morgan fingerprint density at radius 2 is 0.913 bits per heavy atom. The normalized spacial score (nSPS) is 10.4. The minimum absolute atomic E-state index is 0.0422. The van der Waals surface area contributed by atoms with Gasteiger partial charge in [-0.3, -0.25) is 9.59 Å². The van der Waals surface area contributed by atoms with Crippen LogP contribution >= 0.6 is 0 Å². The molecule has 0 aromatic heterocycles. The van der Waals surface area contributed by atoms with Crippen LogP contribution in [-0.2, 0) is 9.47 Å². The zero-order valence-electron chi connectivity index (χ0n) is 24.7. The van der Waals surface area contributed by atoms with Crippen molar-refractivity contribution >= 4 is 47.1 Å². The number of carbonyl (C=O) groups is 6. The molecule has 4 rings (SSSR count). The molecular weight excluding hydrogens is 596 g/mol. The lowest BCUT2D eigenvalue weighted by molar-refractivity contribution is 0.0517. The van der Waals surface area contributed by atoms with Gasteiger partial charge in [0.25, 0.3) is 11.8 Å². The Kier molecular flexibility index (Phi) is 10.2. The van der Waals surface area contributed by atoms with E-state index in [1.54, 1.807) is 13.8 Å². The van der Waals surface area contributed by atoms with Gasteiger partial charge < -0.3 is 30.3 Å². The first kappa shape index (κ1) is 32.6. The number of rotatable bonds is 11. The van der Waals surface area contributed by atoms with Gasteiger partial charge in [0.15, 0.2) is 0 Å². The Bertz CT molecular complexity index is 1830. The monoisotopic (exact) mass is 624 g/mol. The summed E-state index contributed by atoms with van der Waals surface area (Å²) in [7, 11) is 0. The number of carboxylic acid groups (broad SMARTS) is 2. The fourth-order valence-corrected chi connectivity index (χ4v) is 4.40. The SMILES string of the molecule is CCOC(=O)c1ccc(NC(=O)c2ccc(-c3ccc(C(=O)O)c(C(=O)O)c3)cc2C(=O)Nc2ccc(C(=O)OCC)cc2)cc1. The third kappa shape index (κ3) is 7.61. The molecule has 0 saturated heterocycles. The number of hydrogen-bond donors (Lipinski definition) is 4. The van der Waals surface area contributed by atoms with Crippen molar-refractivity contribution in [3.05, 3.63) is 118 Å². The van der Waals surface area contributed by atoms with E-state index in [1.807, 2.05) is 0 Å². The molecule has 0 fully saturated rings. The molecule has 0 aliphatic carbocycles. The second kappa shape index (κ2) is 14.4. The molecule has 4 N–H and O–H groups in total. The van der Waals surface area contributed by atoms with Crippen LogP contribution in [0.4, 0.5) is 11.4 Å². The van der Waals surface area contributed by atoms with E-state index in [9.17, 15) is 39.0 Å². The maximum atomic E-state index is 13.6. The van der Waals surface area contributed by atoms with Crippen LogP contribution in [0.2, 0.25) is 0 Å². The van der Waals surface area contributed by atoms with E-state index < -0.39 is 46.8 Å². The molecule has 0 bridgehead atoms. The van der Waals surface area contributed by atoms with Crippen LogP contribution < -0.4 is 10.6 Å². The number of aromatic carboxylic acids is 2. The minimum atomic E-state index is -1.45. The maximum Gasteiger partial charge on any atom is 0.338 e. The molecule has 12 heteroatoms. The summed E-state index contributed by atoms with van der Waals surface area (Å²) < 4.78 is 9.94. The van der Waals surface area contributed by atoms with Crippen LogP contribution in [0.1, 0.15) is 76.0 Å². The molecule has 234 valence electrons. The molecule has 2 amide bonds. The Balaban J connectivity index is 1.70. The Morgan fingerprint density at radius 1 is 0.522 bits per heavy atom. The summed E-state index contributed by atoms with van der Waals surface area (Å²) in [6.07, 6.45) is 0. The third-order valence-electron chi connectivity index (χ3n) is 6.63.